The number of nitrogens with zero attached hydrogens (tertiary/aromatic N) is 2. The summed E-state index contributed by atoms with van der Waals surface area (Å²) in [5.41, 5.74) is 14.6. The van der Waals surface area contributed by atoms with E-state index in [1.807, 2.05) is 0 Å². The van der Waals surface area contributed by atoms with Gasteiger partial charge in [0.2, 0.25) is 0 Å². The molecular weight excluding hydrogens is 555 g/mol. The van der Waals surface area contributed by atoms with Crippen LogP contribution in [0.1, 0.15) is 136 Å². The highest BCUT2D eigenvalue weighted by molar-refractivity contribution is 7.10. The molecule has 0 amide bonds. The van der Waals surface area contributed by atoms with Crippen LogP contribution in [-0.4, -0.2) is 9.55 Å². The van der Waals surface area contributed by atoms with Gasteiger partial charge in [-0.1, -0.05) is 111 Å². The SMILES string of the molecule is Cc1c(-c2csc(C3Nc4c(C(C)C)cccc4C(C)(C)C(C)c4cc(C(C)C)cc(C(C)C)c43)n2)c2ccccc2n1C. The summed E-state index contributed by atoms with van der Waals surface area (Å²) in [5, 5.41) is 8.88. The lowest BCUT2D eigenvalue weighted by molar-refractivity contribution is 0.429. The van der Waals surface area contributed by atoms with Crippen LogP contribution in [0, 0.1) is 6.92 Å². The van der Waals surface area contributed by atoms with Crippen LogP contribution in [0.3, 0.4) is 0 Å². The van der Waals surface area contributed by atoms with Crippen molar-refractivity contribution in [3.05, 3.63) is 104 Å². The third-order valence-electron chi connectivity index (χ3n) is 10.5. The number of fused-ring (bicyclic) bond motifs is 3. The number of nitrogens with one attached hydrogen (secondary N) is 1. The second-order valence-electron chi connectivity index (χ2n) is 14.5. The van der Waals surface area contributed by atoms with Gasteiger partial charge in [-0.25, -0.2) is 4.98 Å². The number of hydrogen-bond donors (Lipinski definition) is 1. The second kappa shape index (κ2) is 11.2. The van der Waals surface area contributed by atoms with E-state index in [2.05, 4.69) is 146 Å². The molecule has 1 N–H and O–H groups in total. The third-order valence-corrected chi connectivity index (χ3v) is 11.4. The van der Waals surface area contributed by atoms with Crippen LogP contribution in [0.2, 0.25) is 0 Å². The summed E-state index contributed by atoms with van der Waals surface area (Å²) in [6.45, 7) is 23.5. The molecule has 1 aliphatic rings. The molecule has 0 aliphatic carbocycles. The Labute approximate surface area is 268 Å². The molecule has 3 nitrogen and oxygen atoms in total. The van der Waals surface area contributed by atoms with Gasteiger partial charge in [0.1, 0.15) is 11.0 Å². The van der Waals surface area contributed by atoms with Crippen molar-refractivity contribution in [1.82, 2.24) is 9.55 Å². The Kier molecular flexibility index (Phi) is 7.81. The van der Waals surface area contributed by atoms with E-state index in [0.29, 0.717) is 23.7 Å². The molecule has 6 rings (SSSR count). The third kappa shape index (κ3) is 4.81. The molecule has 0 saturated heterocycles. The summed E-state index contributed by atoms with van der Waals surface area (Å²) >= 11 is 1.80. The molecule has 3 heterocycles. The van der Waals surface area contributed by atoms with E-state index < -0.39 is 0 Å². The van der Waals surface area contributed by atoms with Crippen LogP contribution in [0.15, 0.2) is 60.0 Å². The number of thiazole rings is 1. The first-order valence-corrected chi connectivity index (χ1v) is 17.3. The van der Waals surface area contributed by atoms with Crippen molar-refractivity contribution in [2.75, 3.05) is 5.32 Å². The van der Waals surface area contributed by atoms with Crippen LogP contribution in [-0.2, 0) is 12.5 Å². The number of anilines is 1. The summed E-state index contributed by atoms with van der Waals surface area (Å²) in [6, 6.07) is 20.6. The Morgan fingerprint density at radius 3 is 2.27 bits per heavy atom. The monoisotopic (exact) mass is 603 g/mol. The zero-order valence-electron chi connectivity index (χ0n) is 28.5. The molecule has 230 valence electrons. The molecule has 5 aromatic rings. The van der Waals surface area contributed by atoms with Gasteiger partial charge in [-0.3, -0.25) is 0 Å². The smallest absolute Gasteiger partial charge is 0.120 e. The van der Waals surface area contributed by atoms with E-state index in [-0.39, 0.29) is 11.5 Å². The van der Waals surface area contributed by atoms with Crippen LogP contribution in [0.4, 0.5) is 5.69 Å². The lowest BCUT2D eigenvalue weighted by Gasteiger charge is -2.42. The molecule has 0 spiro atoms. The molecule has 2 aromatic heterocycles. The van der Waals surface area contributed by atoms with Crippen molar-refractivity contribution in [2.24, 2.45) is 7.05 Å². The molecule has 0 bridgehead atoms. The molecule has 0 fully saturated rings. The fraction of sp³-hybridized carbons (Fsp3) is 0.425. The zero-order valence-corrected chi connectivity index (χ0v) is 29.3. The highest BCUT2D eigenvalue weighted by atomic mass is 32.1. The molecule has 4 heteroatoms. The van der Waals surface area contributed by atoms with E-state index in [1.54, 1.807) is 11.3 Å². The first-order chi connectivity index (χ1) is 20.8. The Balaban J connectivity index is 1.65. The molecule has 2 unspecified atom stereocenters. The molecular formula is C40H49N3S. The minimum absolute atomic E-state index is 0.0464. The number of para-hydroxylation sites is 2. The first-order valence-electron chi connectivity index (χ1n) is 16.4. The van der Waals surface area contributed by atoms with Crippen LogP contribution < -0.4 is 5.32 Å². The van der Waals surface area contributed by atoms with Crippen molar-refractivity contribution in [3.8, 4) is 11.3 Å². The number of hydrogen-bond acceptors (Lipinski definition) is 3. The summed E-state index contributed by atoms with van der Waals surface area (Å²) in [6.07, 6.45) is 0. The molecule has 0 saturated carbocycles. The van der Waals surface area contributed by atoms with Gasteiger partial charge in [0.15, 0.2) is 0 Å². The van der Waals surface area contributed by atoms with E-state index in [9.17, 15) is 0 Å². The zero-order chi connectivity index (χ0) is 31.7. The highest BCUT2D eigenvalue weighted by Crippen LogP contribution is 2.52. The fourth-order valence-corrected chi connectivity index (χ4v) is 8.24. The van der Waals surface area contributed by atoms with Gasteiger partial charge in [-0.05, 0) is 75.5 Å². The van der Waals surface area contributed by atoms with E-state index >= 15 is 0 Å². The Morgan fingerprint density at radius 2 is 1.59 bits per heavy atom. The van der Waals surface area contributed by atoms with E-state index in [4.69, 9.17) is 4.98 Å². The van der Waals surface area contributed by atoms with Crippen molar-refractivity contribution in [2.45, 2.75) is 104 Å². The standard InChI is InChI=1S/C40H49N3S/c1-22(2)27-19-30(24(5)6)36-31(20-27)25(7)40(9,10)32-17-14-16-28(23(3)4)37(32)42-38(36)39-41-33(21-44-39)35-26(8)43(11)34-18-13-12-15-29(34)35/h12-25,38,42H,1-11H3. The second-order valence-corrected chi connectivity index (χ2v) is 15.4. The number of aromatic nitrogens is 2. The Hall–Kier alpha value is -3.37. The van der Waals surface area contributed by atoms with Crippen LogP contribution in [0.25, 0.3) is 22.2 Å². The maximum absolute atomic E-state index is 5.51. The lowest BCUT2D eigenvalue weighted by Crippen LogP contribution is -2.32. The van der Waals surface area contributed by atoms with Crippen LogP contribution in [0.5, 0.6) is 0 Å². The van der Waals surface area contributed by atoms with Crippen LogP contribution >= 0.6 is 11.3 Å². The van der Waals surface area contributed by atoms with Crippen molar-refractivity contribution in [3.63, 3.8) is 0 Å². The van der Waals surface area contributed by atoms with Crippen molar-refractivity contribution in [1.29, 1.82) is 0 Å². The fourth-order valence-electron chi connectivity index (χ4n) is 7.38. The van der Waals surface area contributed by atoms with Crippen molar-refractivity contribution >= 4 is 27.9 Å². The van der Waals surface area contributed by atoms with Crippen molar-refractivity contribution < 1.29 is 0 Å². The predicted octanol–water partition coefficient (Wildman–Crippen LogP) is 11.6. The highest BCUT2D eigenvalue weighted by Gasteiger charge is 2.40. The summed E-state index contributed by atoms with van der Waals surface area (Å²) in [5.74, 6) is 1.58. The largest absolute Gasteiger partial charge is 0.372 e. The van der Waals surface area contributed by atoms with Gasteiger partial charge in [0, 0.05) is 40.3 Å². The molecule has 3 aromatic carbocycles. The normalized spacial score (nSPS) is 18.0. The number of rotatable bonds is 5. The maximum atomic E-state index is 5.51. The first kappa shape index (κ1) is 30.6. The predicted molar refractivity (Wildman–Crippen MR) is 191 cm³/mol. The molecule has 0 radical (unpaired) electrons. The van der Waals surface area contributed by atoms with Gasteiger partial charge in [0.25, 0.3) is 0 Å². The topological polar surface area (TPSA) is 29.9 Å². The summed E-state index contributed by atoms with van der Waals surface area (Å²) in [4.78, 5) is 5.51. The average Bonchev–Trinajstić information content (AvgIpc) is 3.56. The number of aryl methyl sites for hydroxylation is 1. The van der Waals surface area contributed by atoms with E-state index in [1.165, 1.54) is 61.2 Å². The minimum atomic E-state index is -0.0646. The molecule has 2 atom stereocenters. The van der Waals surface area contributed by atoms with Gasteiger partial charge >= 0.3 is 0 Å². The quantitative estimate of drug-likeness (QED) is 0.217. The molecule has 44 heavy (non-hydrogen) atoms. The van der Waals surface area contributed by atoms with Gasteiger partial charge in [0.05, 0.1) is 5.69 Å². The average molecular weight is 604 g/mol. The Morgan fingerprint density at radius 1 is 0.886 bits per heavy atom. The Bertz CT molecular complexity index is 1850. The summed E-state index contributed by atoms with van der Waals surface area (Å²) in [7, 11) is 2.16. The minimum Gasteiger partial charge on any atom is -0.372 e. The molecule has 1 aliphatic heterocycles. The van der Waals surface area contributed by atoms with E-state index in [0.717, 1.165) is 10.7 Å². The van der Waals surface area contributed by atoms with Gasteiger partial charge in [-0.15, -0.1) is 11.3 Å². The maximum Gasteiger partial charge on any atom is 0.120 e. The van der Waals surface area contributed by atoms with Gasteiger partial charge in [-0.2, -0.15) is 0 Å². The number of benzene rings is 3. The van der Waals surface area contributed by atoms with Gasteiger partial charge < -0.3 is 9.88 Å². The summed E-state index contributed by atoms with van der Waals surface area (Å²) < 4.78 is 2.30. The lowest BCUT2D eigenvalue weighted by atomic mass is 9.66.